The summed E-state index contributed by atoms with van der Waals surface area (Å²) in [5.74, 6) is 0.716. The van der Waals surface area contributed by atoms with Crippen LogP contribution >= 0.6 is 0 Å². The molecule has 0 saturated heterocycles. The van der Waals surface area contributed by atoms with Crippen molar-refractivity contribution in [3.63, 3.8) is 0 Å². The van der Waals surface area contributed by atoms with Crippen molar-refractivity contribution in [2.45, 2.75) is 51.0 Å². The van der Waals surface area contributed by atoms with Crippen LogP contribution in [0.15, 0.2) is 59.3 Å². The molecule has 4 nitrogen and oxygen atoms in total. The fraction of sp³-hybridized carbons (Fsp3) is 0.348. The van der Waals surface area contributed by atoms with Crippen molar-refractivity contribution in [2.24, 2.45) is 0 Å². The number of hydrogen-bond acceptors (Lipinski definition) is 4. The Morgan fingerprint density at radius 2 is 1.64 bits per heavy atom. The van der Waals surface area contributed by atoms with Crippen molar-refractivity contribution >= 4 is 9.84 Å². The van der Waals surface area contributed by atoms with E-state index in [-0.39, 0.29) is 5.75 Å². The average Bonchev–Trinajstić information content (AvgIpc) is 3.15. The van der Waals surface area contributed by atoms with Crippen LogP contribution in [0.1, 0.15) is 43.0 Å². The van der Waals surface area contributed by atoms with Crippen LogP contribution in [-0.2, 0) is 28.4 Å². The first-order valence-electron chi connectivity index (χ1n) is 9.45. The van der Waals surface area contributed by atoms with Crippen LogP contribution < -0.4 is 0 Å². The van der Waals surface area contributed by atoms with Gasteiger partial charge in [0.2, 0.25) is 5.89 Å². The van der Waals surface area contributed by atoms with Gasteiger partial charge in [0.05, 0.1) is 16.7 Å². The number of rotatable bonds is 6. The first kappa shape index (κ1) is 20.3. The number of sulfone groups is 1. The summed E-state index contributed by atoms with van der Waals surface area (Å²) in [4.78, 5) is 4.19. The summed E-state index contributed by atoms with van der Waals surface area (Å²) in [5, 5.41) is 0. The molecule has 0 atom stereocenters. The highest BCUT2D eigenvalue weighted by Crippen LogP contribution is 2.23. The van der Waals surface area contributed by atoms with Crippen molar-refractivity contribution in [1.82, 2.24) is 4.98 Å². The second-order valence-corrected chi connectivity index (χ2v) is 10.9. The fourth-order valence-corrected chi connectivity index (χ4v) is 4.06. The Bertz CT molecular complexity index is 1030. The minimum absolute atomic E-state index is 0.0815. The van der Waals surface area contributed by atoms with Gasteiger partial charge < -0.3 is 4.42 Å². The van der Waals surface area contributed by atoms with Crippen LogP contribution in [0.2, 0.25) is 0 Å². The molecule has 0 aliphatic carbocycles. The minimum atomic E-state index is -3.16. The summed E-state index contributed by atoms with van der Waals surface area (Å²) >= 11 is 0. The van der Waals surface area contributed by atoms with Gasteiger partial charge in [-0.3, -0.25) is 0 Å². The molecule has 0 aliphatic heterocycles. The van der Waals surface area contributed by atoms with Gasteiger partial charge >= 0.3 is 0 Å². The zero-order chi connectivity index (χ0) is 20.4. The molecule has 0 fully saturated rings. The molecular weight excluding hydrogens is 370 g/mol. The van der Waals surface area contributed by atoms with Gasteiger partial charge in [0, 0.05) is 5.56 Å². The molecule has 3 rings (SSSR count). The van der Waals surface area contributed by atoms with E-state index in [1.807, 2.05) is 30.3 Å². The third kappa shape index (κ3) is 4.71. The van der Waals surface area contributed by atoms with Crippen LogP contribution in [0.3, 0.4) is 0 Å². The number of nitrogens with zero attached hydrogens (tertiary/aromatic N) is 1. The molecule has 0 N–H and O–H groups in total. The zero-order valence-electron chi connectivity index (χ0n) is 16.9. The second kappa shape index (κ2) is 7.92. The number of hydrogen-bond donors (Lipinski definition) is 0. The standard InChI is InChI=1S/C23H27NO3S/c1-17-15-21(22-24-13-14-27-22)12-11-20(17)10-9-18-5-7-19(8-6-18)16-28(25,26)23(2,3)4/h5-8,11-15H,9-10,16H2,1-4H3. The van der Waals surface area contributed by atoms with Crippen molar-refractivity contribution in [3.8, 4) is 11.5 Å². The van der Waals surface area contributed by atoms with Crippen LogP contribution in [0, 0.1) is 6.92 Å². The predicted molar refractivity (Wildman–Crippen MR) is 113 cm³/mol. The highest BCUT2D eigenvalue weighted by molar-refractivity contribution is 7.91. The monoisotopic (exact) mass is 397 g/mol. The van der Waals surface area contributed by atoms with Crippen molar-refractivity contribution < 1.29 is 12.8 Å². The van der Waals surface area contributed by atoms with Gasteiger partial charge in [-0.15, -0.1) is 0 Å². The molecule has 3 aromatic rings. The summed E-state index contributed by atoms with van der Waals surface area (Å²) in [6, 6.07) is 14.2. The summed E-state index contributed by atoms with van der Waals surface area (Å²) in [7, 11) is -3.16. The van der Waals surface area contributed by atoms with Gasteiger partial charge in [0.25, 0.3) is 0 Å². The Kier molecular flexibility index (Phi) is 5.75. The maximum Gasteiger partial charge on any atom is 0.225 e. The third-order valence-corrected chi connectivity index (χ3v) is 7.60. The Balaban J connectivity index is 1.64. The highest BCUT2D eigenvalue weighted by atomic mass is 32.2. The molecule has 0 aliphatic rings. The van der Waals surface area contributed by atoms with E-state index in [2.05, 4.69) is 24.0 Å². The molecular formula is C23H27NO3S. The van der Waals surface area contributed by atoms with Gasteiger partial charge in [0.1, 0.15) is 6.26 Å². The van der Waals surface area contributed by atoms with Gasteiger partial charge in [0.15, 0.2) is 9.84 Å². The lowest BCUT2D eigenvalue weighted by molar-refractivity contribution is 0.559. The van der Waals surface area contributed by atoms with Gasteiger partial charge in [-0.2, -0.15) is 0 Å². The normalized spacial score (nSPS) is 12.3. The first-order valence-corrected chi connectivity index (χ1v) is 11.1. The molecule has 0 amide bonds. The quantitative estimate of drug-likeness (QED) is 0.577. The maximum absolute atomic E-state index is 12.4. The lowest BCUT2D eigenvalue weighted by Gasteiger charge is -2.19. The Morgan fingerprint density at radius 1 is 0.964 bits per heavy atom. The zero-order valence-corrected chi connectivity index (χ0v) is 17.7. The Hall–Kier alpha value is -2.40. The van der Waals surface area contributed by atoms with Crippen molar-refractivity contribution in [3.05, 3.63) is 77.2 Å². The minimum Gasteiger partial charge on any atom is -0.445 e. The Morgan fingerprint density at radius 3 is 2.21 bits per heavy atom. The molecule has 0 spiro atoms. The molecule has 148 valence electrons. The predicted octanol–water partition coefficient (Wildman–Crippen LogP) is 5.15. The average molecular weight is 398 g/mol. The van der Waals surface area contributed by atoms with E-state index in [0.717, 1.165) is 24.0 Å². The second-order valence-electron chi connectivity index (χ2n) is 8.17. The van der Waals surface area contributed by atoms with Gasteiger partial charge in [-0.25, -0.2) is 13.4 Å². The van der Waals surface area contributed by atoms with Gasteiger partial charge in [-0.05, 0) is 74.9 Å². The molecule has 2 aromatic carbocycles. The van der Waals surface area contributed by atoms with Crippen LogP contribution in [0.5, 0.6) is 0 Å². The molecule has 0 saturated carbocycles. The number of aryl methyl sites for hydroxylation is 3. The third-order valence-electron chi connectivity index (χ3n) is 5.02. The lowest BCUT2D eigenvalue weighted by atomic mass is 9.98. The van der Waals surface area contributed by atoms with Crippen LogP contribution in [-0.4, -0.2) is 18.1 Å². The van der Waals surface area contributed by atoms with Crippen LogP contribution in [0.25, 0.3) is 11.5 Å². The van der Waals surface area contributed by atoms with E-state index in [1.54, 1.807) is 33.2 Å². The maximum atomic E-state index is 12.4. The Labute approximate surface area is 167 Å². The van der Waals surface area contributed by atoms with Crippen molar-refractivity contribution in [1.29, 1.82) is 0 Å². The number of oxazole rings is 1. The molecule has 28 heavy (non-hydrogen) atoms. The summed E-state index contributed by atoms with van der Waals surface area (Å²) in [6.45, 7) is 7.33. The molecule has 1 aromatic heterocycles. The summed E-state index contributed by atoms with van der Waals surface area (Å²) in [5.41, 5.74) is 5.52. The largest absolute Gasteiger partial charge is 0.445 e. The molecule has 0 unspecified atom stereocenters. The summed E-state index contributed by atoms with van der Waals surface area (Å²) in [6.07, 6.45) is 5.06. The van der Waals surface area contributed by atoms with Gasteiger partial charge in [-0.1, -0.05) is 30.3 Å². The van der Waals surface area contributed by atoms with E-state index in [1.165, 1.54) is 16.7 Å². The molecule has 5 heteroatoms. The first-order chi connectivity index (χ1) is 13.2. The van der Waals surface area contributed by atoms with E-state index in [4.69, 9.17) is 4.42 Å². The number of aromatic nitrogens is 1. The summed E-state index contributed by atoms with van der Waals surface area (Å²) < 4.78 is 29.3. The molecule has 0 radical (unpaired) electrons. The van der Waals surface area contributed by atoms with Crippen molar-refractivity contribution in [2.75, 3.05) is 0 Å². The highest BCUT2D eigenvalue weighted by Gasteiger charge is 2.28. The smallest absolute Gasteiger partial charge is 0.225 e. The van der Waals surface area contributed by atoms with E-state index < -0.39 is 14.6 Å². The SMILES string of the molecule is Cc1cc(-c2ncco2)ccc1CCc1ccc(CS(=O)(=O)C(C)(C)C)cc1. The van der Waals surface area contributed by atoms with E-state index in [9.17, 15) is 8.42 Å². The van der Waals surface area contributed by atoms with Crippen LogP contribution in [0.4, 0.5) is 0 Å². The topological polar surface area (TPSA) is 60.2 Å². The van der Waals surface area contributed by atoms with E-state index >= 15 is 0 Å². The fourth-order valence-electron chi connectivity index (χ4n) is 2.99. The molecule has 1 heterocycles. The van der Waals surface area contributed by atoms with E-state index in [0.29, 0.717) is 5.89 Å². The number of benzene rings is 2. The molecule has 0 bridgehead atoms. The lowest BCUT2D eigenvalue weighted by Crippen LogP contribution is -2.29.